The first kappa shape index (κ1) is 8.53. The summed E-state index contributed by atoms with van der Waals surface area (Å²) in [5.74, 6) is -0.348. The minimum absolute atomic E-state index is 0.141. The Morgan fingerprint density at radius 1 is 1.55 bits per heavy atom. The van der Waals surface area contributed by atoms with E-state index in [1.54, 1.807) is 0 Å². The Labute approximate surface area is 66.4 Å². The second-order valence-electron chi connectivity index (χ2n) is 3.01. The van der Waals surface area contributed by atoms with E-state index in [1.165, 1.54) is 7.11 Å². The highest BCUT2D eigenvalue weighted by Crippen LogP contribution is 2.27. The molecule has 0 aromatic heterocycles. The molecule has 0 aliphatic heterocycles. The van der Waals surface area contributed by atoms with Crippen molar-refractivity contribution in [2.24, 2.45) is 5.92 Å². The van der Waals surface area contributed by atoms with Crippen molar-refractivity contribution in [1.29, 1.82) is 0 Å². The van der Waals surface area contributed by atoms with E-state index >= 15 is 0 Å². The molecule has 1 saturated carbocycles. The van der Waals surface area contributed by atoms with Gasteiger partial charge in [-0.3, -0.25) is 0 Å². The van der Waals surface area contributed by atoms with Crippen LogP contribution in [0.3, 0.4) is 0 Å². The van der Waals surface area contributed by atoms with Crippen molar-refractivity contribution < 1.29 is 14.6 Å². The third-order valence-corrected chi connectivity index (χ3v) is 2.29. The molecule has 1 rings (SSSR count). The SMILES string of the molecule is COC(=O)C(O)C1CCCC1. The smallest absolute Gasteiger partial charge is 0.334 e. The van der Waals surface area contributed by atoms with Crippen LogP contribution in [-0.2, 0) is 9.53 Å². The Morgan fingerprint density at radius 3 is 2.55 bits per heavy atom. The quantitative estimate of drug-likeness (QED) is 0.602. The van der Waals surface area contributed by atoms with E-state index < -0.39 is 12.1 Å². The van der Waals surface area contributed by atoms with Gasteiger partial charge in [-0.15, -0.1) is 0 Å². The number of carbonyl (C=O) groups excluding carboxylic acids is 1. The number of hydrogen-bond donors (Lipinski definition) is 1. The van der Waals surface area contributed by atoms with Crippen LogP contribution in [0.5, 0.6) is 0 Å². The number of esters is 1. The van der Waals surface area contributed by atoms with Crippen molar-refractivity contribution >= 4 is 5.97 Å². The molecule has 0 saturated heterocycles. The number of aliphatic hydroxyl groups excluding tert-OH is 1. The fraction of sp³-hybridized carbons (Fsp3) is 0.875. The summed E-state index contributed by atoms with van der Waals surface area (Å²) in [4.78, 5) is 10.8. The van der Waals surface area contributed by atoms with Gasteiger partial charge >= 0.3 is 5.97 Å². The van der Waals surface area contributed by atoms with Gasteiger partial charge in [-0.2, -0.15) is 0 Å². The van der Waals surface area contributed by atoms with Gasteiger partial charge in [-0.05, 0) is 18.8 Å². The molecule has 1 aliphatic carbocycles. The number of carbonyl (C=O) groups is 1. The van der Waals surface area contributed by atoms with Crippen LogP contribution in [0.25, 0.3) is 0 Å². The fourth-order valence-electron chi connectivity index (χ4n) is 1.59. The molecule has 0 bridgehead atoms. The summed E-state index contributed by atoms with van der Waals surface area (Å²) in [5, 5.41) is 9.34. The first-order chi connectivity index (χ1) is 5.25. The van der Waals surface area contributed by atoms with Crippen LogP contribution < -0.4 is 0 Å². The van der Waals surface area contributed by atoms with Crippen LogP contribution in [0.15, 0.2) is 0 Å². The van der Waals surface area contributed by atoms with Crippen molar-refractivity contribution in [2.45, 2.75) is 31.8 Å². The lowest BCUT2D eigenvalue weighted by molar-refractivity contribution is -0.153. The van der Waals surface area contributed by atoms with Gasteiger partial charge < -0.3 is 9.84 Å². The summed E-state index contributed by atoms with van der Waals surface area (Å²) in [5.41, 5.74) is 0. The van der Waals surface area contributed by atoms with Gasteiger partial charge in [0.1, 0.15) is 0 Å². The number of hydrogen-bond acceptors (Lipinski definition) is 3. The molecule has 1 N–H and O–H groups in total. The zero-order valence-corrected chi connectivity index (χ0v) is 6.75. The molecule has 11 heavy (non-hydrogen) atoms. The minimum atomic E-state index is -0.887. The fourth-order valence-corrected chi connectivity index (χ4v) is 1.59. The summed E-state index contributed by atoms with van der Waals surface area (Å²) in [7, 11) is 1.31. The average Bonchev–Trinajstić information content (AvgIpc) is 2.53. The second kappa shape index (κ2) is 3.72. The topological polar surface area (TPSA) is 46.5 Å². The zero-order valence-electron chi connectivity index (χ0n) is 6.75. The summed E-state index contributed by atoms with van der Waals surface area (Å²) >= 11 is 0. The van der Waals surface area contributed by atoms with Crippen LogP contribution in [0.1, 0.15) is 25.7 Å². The van der Waals surface area contributed by atoms with Crippen molar-refractivity contribution in [3.63, 3.8) is 0 Å². The standard InChI is InChI=1S/C8H14O3/c1-11-8(10)7(9)6-4-2-3-5-6/h6-7,9H,2-5H2,1H3. The Bertz CT molecular complexity index is 138. The highest BCUT2D eigenvalue weighted by molar-refractivity contribution is 5.74. The predicted molar refractivity (Wildman–Crippen MR) is 40.0 cm³/mol. The summed E-state index contributed by atoms with van der Waals surface area (Å²) in [6.07, 6.45) is 3.27. The molecule has 3 nitrogen and oxygen atoms in total. The van der Waals surface area contributed by atoms with Crippen molar-refractivity contribution in [2.75, 3.05) is 7.11 Å². The highest BCUT2D eigenvalue weighted by Gasteiger charge is 2.28. The lowest BCUT2D eigenvalue weighted by Gasteiger charge is -2.14. The van der Waals surface area contributed by atoms with Gasteiger partial charge in [0.05, 0.1) is 7.11 Å². The maximum absolute atomic E-state index is 10.8. The molecule has 3 heteroatoms. The molecule has 1 aliphatic rings. The first-order valence-corrected chi connectivity index (χ1v) is 4.01. The molecule has 1 fully saturated rings. The lowest BCUT2D eigenvalue weighted by atomic mass is 10.0. The highest BCUT2D eigenvalue weighted by atomic mass is 16.5. The third kappa shape index (κ3) is 1.93. The third-order valence-electron chi connectivity index (χ3n) is 2.29. The number of aliphatic hydroxyl groups is 1. The van der Waals surface area contributed by atoms with Gasteiger partial charge in [0.25, 0.3) is 0 Å². The Balaban J connectivity index is 2.39. The predicted octanol–water partition coefficient (Wildman–Crippen LogP) is 0.710. The summed E-state index contributed by atoms with van der Waals surface area (Å²) < 4.78 is 4.44. The molecule has 0 amide bonds. The number of methoxy groups -OCH3 is 1. The largest absolute Gasteiger partial charge is 0.467 e. The summed E-state index contributed by atoms with van der Waals surface area (Å²) in [6, 6.07) is 0. The van der Waals surface area contributed by atoms with E-state index in [4.69, 9.17) is 0 Å². The van der Waals surface area contributed by atoms with E-state index in [-0.39, 0.29) is 5.92 Å². The van der Waals surface area contributed by atoms with E-state index in [1.807, 2.05) is 0 Å². The maximum atomic E-state index is 10.8. The molecule has 64 valence electrons. The monoisotopic (exact) mass is 158 g/mol. The van der Waals surface area contributed by atoms with E-state index in [2.05, 4.69) is 4.74 Å². The number of rotatable bonds is 2. The molecule has 0 heterocycles. The Kier molecular flexibility index (Phi) is 2.88. The molecule has 1 unspecified atom stereocenters. The van der Waals surface area contributed by atoms with Gasteiger partial charge in [0, 0.05) is 0 Å². The van der Waals surface area contributed by atoms with E-state index in [9.17, 15) is 9.90 Å². The number of ether oxygens (including phenoxy) is 1. The Hall–Kier alpha value is -0.570. The van der Waals surface area contributed by atoms with Crippen LogP contribution in [-0.4, -0.2) is 24.3 Å². The summed E-state index contributed by atoms with van der Waals surface area (Å²) in [6.45, 7) is 0. The van der Waals surface area contributed by atoms with E-state index in [0.717, 1.165) is 25.7 Å². The Morgan fingerprint density at radius 2 is 2.09 bits per heavy atom. The van der Waals surface area contributed by atoms with Gasteiger partial charge in [0.15, 0.2) is 6.10 Å². The van der Waals surface area contributed by atoms with Gasteiger partial charge in [-0.1, -0.05) is 12.8 Å². The van der Waals surface area contributed by atoms with Crippen molar-refractivity contribution in [3.8, 4) is 0 Å². The second-order valence-corrected chi connectivity index (χ2v) is 3.01. The molecular formula is C8H14O3. The average molecular weight is 158 g/mol. The minimum Gasteiger partial charge on any atom is -0.467 e. The molecule has 0 aromatic rings. The van der Waals surface area contributed by atoms with Gasteiger partial charge in [0.2, 0.25) is 0 Å². The van der Waals surface area contributed by atoms with Crippen molar-refractivity contribution in [1.82, 2.24) is 0 Å². The normalized spacial score (nSPS) is 21.6. The molecule has 1 atom stereocenters. The van der Waals surface area contributed by atoms with Crippen LogP contribution >= 0.6 is 0 Å². The van der Waals surface area contributed by atoms with Crippen LogP contribution in [0.2, 0.25) is 0 Å². The van der Waals surface area contributed by atoms with Crippen LogP contribution in [0, 0.1) is 5.92 Å². The molecule has 0 spiro atoms. The van der Waals surface area contributed by atoms with Gasteiger partial charge in [-0.25, -0.2) is 4.79 Å². The van der Waals surface area contributed by atoms with E-state index in [0.29, 0.717) is 0 Å². The van der Waals surface area contributed by atoms with Crippen LogP contribution in [0.4, 0.5) is 0 Å². The maximum Gasteiger partial charge on any atom is 0.334 e. The zero-order chi connectivity index (χ0) is 8.27. The first-order valence-electron chi connectivity index (χ1n) is 4.01. The molecule has 0 aromatic carbocycles. The lowest BCUT2D eigenvalue weighted by Crippen LogP contribution is -2.28. The molecule has 0 radical (unpaired) electrons. The molecular weight excluding hydrogens is 144 g/mol. The van der Waals surface area contributed by atoms with Crippen molar-refractivity contribution in [3.05, 3.63) is 0 Å².